The molecule has 1 heteroatoms. The third kappa shape index (κ3) is 2.48. The normalized spacial score (nSPS) is 32.8. The molecule has 0 radical (unpaired) electrons. The Morgan fingerprint density at radius 2 is 1.50 bits per heavy atom. The van der Waals surface area contributed by atoms with E-state index in [0.29, 0.717) is 21.8 Å². The summed E-state index contributed by atoms with van der Waals surface area (Å²) in [5.74, 6) is 0. The van der Waals surface area contributed by atoms with E-state index in [9.17, 15) is 0 Å². The molecule has 0 aromatic rings. The number of likely N-dealkylation sites (tertiary alicyclic amines) is 1. The Morgan fingerprint density at radius 1 is 0.944 bits per heavy atom. The molecule has 2 fully saturated rings. The van der Waals surface area contributed by atoms with Gasteiger partial charge in [0.15, 0.2) is 0 Å². The van der Waals surface area contributed by atoms with Crippen molar-refractivity contribution in [3.8, 4) is 0 Å². The van der Waals surface area contributed by atoms with Gasteiger partial charge in [-0.15, -0.1) is 0 Å². The summed E-state index contributed by atoms with van der Waals surface area (Å²) in [6.45, 7) is 16.0. The molecule has 1 spiro atoms. The van der Waals surface area contributed by atoms with Crippen molar-refractivity contribution in [3.63, 3.8) is 0 Å². The summed E-state index contributed by atoms with van der Waals surface area (Å²) < 4.78 is 0. The lowest BCUT2D eigenvalue weighted by molar-refractivity contribution is -0.0535. The fraction of sp³-hybridized carbons (Fsp3) is 1.00. The molecule has 1 atom stereocenters. The van der Waals surface area contributed by atoms with Crippen molar-refractivity contribution in [1.82, 2.24) is 4.90 Å². The van der Waals surface area contributed by atoms with Crippen molar-refractivity contribution in [2.75, 3.05) is 13.6 Å². The third-order valence-electron chi connectivity index (χ3n) is 5.69. The van der Waals surface area contributed by atoms with Crippen LogP contribution in [0.5, 0.6) is 0 Å². The number of piperidine rings is 1. The maximum atomic E-state index is 2.65. The van der Waals surface area contributed by atoms with E-state index in [4.69, 9.17) is 0 Å². The first-order chi connectivity index (χ1) is 8.00. The zero-order valence-electron chi connectivity index (χ0n) is 13.7. The summed E-state index contributed by atoms with van der Waals surface area (Å²) in [5, 5.41) is 0. The summed E-state index contributed by atoms with van der Waals surface area (Å²) in [5.41, 5.74) is 1.99. The maximum absolute atomic E-state index is 2.65. The van der Waals surface area contributed by atoms with Crippen LogP contribution in [0.25, 0.3) is 0 Å². The van der Waals surface area contributed by atoms with E-state index in [-0.39, 0.29) is 0 Å². The van der Waals surface area contributed by atoms with E-state index in [0.717, 1.165) is 0 Å². The smallest absolute Gasteiger partial charge is 0.0213 e. The molecule has 1 unspecified atom stereocenters. The van der Waals surface area contributed by atoms with Crippen molar-refractivity contribution in [2.24, 2.45) is 16.2 Å². The molecule has 1 aliphatic carbocycles. The van der Waals surface area contributed by atoms with Gasteiger partial charge >= 0.3 is 0 Å². The Morgan fingerprint density at radius 3 is 1.89 bits per heavy atom. The molecular weight excluding hydrogens is 218 g/mol. The van der Waals surface area contributed by atoms with Crippen LogP contribution in [0.2, 0.25) is 0 Å². The van der Waals surface area contributed by atoms with Crippen LogP contribution < -0.4 is 0 Å². The lowest BCUT2D eigenvalue weighted by Gasteiger charge is -2.55. The molecule has 1 saturated carbocycles. The summed E-state index contributed by atoms with van der Waals surface area (Å²) >= 11 is 0. The van der Waals surface area contributed by atoms with Gasteiger partial charge in [-0.05, 0) is 61.9 Å². The van der Waals surface area contributed by atoms with Gasteiger partial charge in [0.2, 0.25) is 0 Å². The molecule has 0 aromatic heterocycles. The highest BCUT2D eigenvalue weighted by atomic mass is 15.2. The van der Waals surface area contributed by atoms with Crippen LogP contribution in [0.4, 0.5) is 0 Å². The highest BCUT2D eigenvalue weighted by Crippen LogP contribution is 2.62. The van der Waals surface area contributed by atoms with Gasteiger partial charge in [0.25, 0.3) is 0 Å². The molecular formula is C17H33N. The molecule has 18 heavy (non-hydrogen) atoms. The van der Waals surface area contributed by atoms with Crippen LogP contribution in [0, 0.1) is 16.2 Å². The molecule has 1 saturated heterocycles. The van der Waals surface area contributed by atoms with Crippen molar-refractivity contribution >= 4 is 0 Å². The SMILES string of the molecule is CN1CCC(CC(C)(C)C)(C(C)(C)C)CC12CC2. The first-order valence-corrected chi connectivity index (χ1v) is 7.71. The summed E-state index contributed by atoms with van der Waals surface area (Å²) in [6, 6.07) is 0. The van der Waals surface area contributed by atoms with E-state index in [1.165, 1.54) is 38.6 Å². The van der Waals surface area contributed by atoms with E-state index >= 15 is 0 Å². The van der Waals surface area contributed by atoms with E-state index in [1.807, 2.05) is 0 Å². The van der Waals surface area contributed by atoms with Gasteiger partial charge in [-0.3, -0.25) is 0 Å². The Balaban J connectivity index is 2.27. The fourth-order valence-corrected chi connectivity index (χ4v) is 4.25. The van der Waals surface area contributed by atoms with E-state index in [1.54, 1.807) is 0 Å². The van der Waals surface area contributed by atoms with Crippen LogP contribution in [-0.2, 0) is 0 Å². The number of hydrogen-bond donors (Lipinski definition) is 0. The lowest BCUT2D eigenvalue weighted by Crippen LogP contribution is -2.53. The van der Waals surface area contributed by atoms with Crippen LogP contribution in [0.15, 0.2) is 0 Å². The lowest BCUT2D eigenvalue weighted by atomic mass is 9.54. The van der Waals surface area contributed by atoms with E-state index < -0.39 is 0 Å². The highest BCUT2D eigenvalue weighted by molar-refractivity contribution is 5.12. The van der Waals surface area contributed by atoms with E-state index in [2.05, 4.69) is 53.5 Å². The monoisotopic (exact) mass is 251 g/mol. The Bertz CT molecular complexity index is 313. The van der Waals surface area contributed by atoms with Crippen molar-refractivity contribution in [2.45, 2.75) is 79.2 Å². The third-order valence-corrected chi connectivity index (χ3v) is 5.69. The molecule has 0 amide bonds. The summed E-state index contributed by atoms with van der Waals surface area (Å²) in [4.78, 5) is 2.65. The quantitative estimate of drug-likeness (QED) is 0.652. The van der Waals surface area contributed by atoms with Gasteiger partial charge < -0.3 is 4.90 Å². The zero-order valence-corrected chi connectivity index (χ0v) is 13.7. The minimum absolute atomic E-state index is 0.428. The Hall–Kier alpha value is -0.0400. The second-order valence-electron chi connectivity index (χ2n) is 9.34. The number of hydrogen-bond acceptors (Lipinski definition) is 1. The Kier molecular flexibility index (Phi) is 3.17. The fourth-order valence-electron chi connectivity index (χ4n) is 4.25. The molecule has 2 aliphatic rings. The molecule has 0 N–H and O–H groups in total. The van der Waals surface area contributed by atoms with Crippen molar-refractivity contribution < 1.29 is 0 Å². The van der Waals surface area contributed by atoms with Crippen LogP contribution in [-0.4, -0.2) is 24.0 Å². The standard InChI is InChI=1S/C17H33N/c1-14(2,3)12-16(15(4,5)6)10-11-18(7)17(13-16)8-9-17/h8-13H2,1-7H3. The summed E-state index contributed by atoms with van der Waals surface area (Å²) in [6.07, 6.45) is 7.05. The predicted molar refractivity (Wildman–Crippen MR) is 79.8 cm³/mol. The second-order valence-corrected chi connectivity index (χ2v) is 9.34. The summed E-state index contributed by atoms with van der Waals surface area (Å²) in [7, 11) is 2.34. The van der Waals surface area contributed by atoms with Crippen molar-refractivity contribution in [1.29, 1.82) is 0 Å². The zero-order chi connectivity index (χ0) is 13.8. The van der Waals surface area contributed by atoms with Gasteiger partial charge in [0.1, 0.15) is 0 Å². The second kappa shape index (κ2) is 3.98. The minimum Gasteiger partial charge on any atom is -0.301 e. The number of nitrogens with zero attached hydrogens (tertiary/aromatic N) is 1. The average Bonchev–Trinajstić information content (AvgIpc) is 2.88. The molecule has 1 nitrogen and oxygen atoms in total. The minimum atomic E-state index is 0.428. The van der Waals surface area contributed by atoms with Gasteiger partial charge in [0.05, 0.1) is 0 Å². The van der Waals surface area contributed by atoms with Crippen molar-refractivity contribution in [3.05, 3.63) is 0 Å². The Labute approximate surface area is 114 Å². The van der Waals surface area contributed by atoms with Gasteiger partial charge in [0, 0.05) is 5.54 Å². The first-order valence-electron chi connectivity index (χ1n) is 7.71. The largest absolute Gasteiger partial charge is 0.301 e. The first kappa shape index (κ1) is 14.4. The molecule has 1 heterocycles. The highest BCUT2D eigenvalue weighted by Gasteiger charge is 2.58. The van der Waals surface area contributed by atoms with Gasteiger partial charge in [-0.2, -0.15) is 0 Å². The molecule has 0 aromatic carbocycles. The van der Waals surface area contributed by atoms with Crippen LogP contribution in [0.1, 0.15) is 73.6 Å². The van der Waals surface area contributed by atoms with Gasteiger partial charge in [-0.25, -0.2) is 0 Å². The average molecular weight is 251 g/mol. The van der Waals surface area contributed by atoms with Crippen LogP contribution >= 0.6 is 0 Å². The van der Waals surface area contributed by atoms with Gasteiger partial charge in [-0.1, -0.05) is 41.5 Å². The van der Waals surface area contributed by atoms with Crippen LogP contribution in [0.3, 0.4) is 0 Å². The predicted octanol–water partition coefficient (Wildman–Crippen LogP) is 4.71. The molecule has 2 rings (SSSR count). The maximum Gasteiger partial charge on any atom is 0.0213 e. The topological polar surface area (TPSA) is 3.24 Å². The molecule has 0 bridgehead atoms. The number of rotatable bonds is 1. The molecule has 1 aliphatic heterocycles. The molecule has 106 valence electrons.